The summed E-state index contributed by atoms with van der Waals surface area (Å²) in [6.45, 7) is -0.178. The number of ether oxygens (including phenoxy) is 2. The Bertz CT molecular complexity index is 3840. The van der Waals surface area contributed by atoms with E-state index in [9.17, 15) is 50.1 Å². The number of nitrogens with zero attached hydrogens (tertiary/aromatic N) is 7. The van der Waals surface area contributed by atoms with Crippen molar-refractivity contribution in [3.05, 3.63) is 155 Å². The SMILES string of the molecule is N#Cc1cc(S(=O)(=O)Nc2ncns2)ccc1Oc1ccc(Cl)cc1-c1ccnc(C(=O)NCCC(=O)O)c1.O=C(O)CCNC(=O)c1cc(-c2cc(Cl)ccc2Oc2cc(F)c(S(=O)(=O)Nc3ncns3)cc2F)ccn1. The molecule has 78 heavy (non-hydrogen) atoms. The number of hydrogen-bond donors (Lipinski definition) is 6. The number of anilines is 2. The standard InChI is InChI=1S/C24H17ClN6O6S2.C23H16ClF2N5O6S2/c25-16-1-3-21(18(11-16)14-5-7-27-19(10-14)23(34)28-8-6-22(32)33)37-20-4-2-17(9-15(20)12-26)39(35,36)31-24-29-13-30-38-24;24-13-1-2-18(14(8-13)12-3-5-27-17(7-12)22(34)28-6-4-21(32)33)37-19-9-16(26)20(10-15(19)25)39(35,36)31-23-29-11-30-38-23/h1-5,7,9-11,13H,6,8H2,(H,28,34)(H,32,33)(H,29,30,31);1-3,5,7-11H,4,6H2,(H,28,34)(H,32,33)(H,29,30,31). The molecule has 0 aliphatic rings. The minimum atomic E-state index is -4.51. The Hall–Kier alpha value is -8.79. The number of carboxylic acids is 2. The molecule has 0 aliphatic carbocycles. The zero-order chi connectivity index (χ0) is 56.1. The molecule has 8 aromatic rings. The molecular formula is C47H33Cl2F2N11O12S4. The average molecular weight is 1180 g/mol. The summed E-state index contributed by atoms with van der Waals surface area (Å²) in [5.74, 6) is -6.06. The van der Waals surface area contributed by atoms with E-state index in [-0.39, 0.29) is 85.9 Å². The summed E-state index contributed by atoms with van der Waals surface area (Å²) in [5.41, 5.74) is 1.56. The van der Waals surface area contributed by atoms with Gasteiger partial charge >= 0.3 is 11.9 Å². The first-order chi connectivity index (χ1) is 37.2. The van der Waals surface area contributed by atoms with Gasteiger partial charge in [0.25, 0.3) is 31.9 Å². The summed E-state index contributed by atoms with van der Waals surface area (Å²) in [7, 11) is -8.55. The predicted molar refractivity (Wildman–Crippen MR) is 278 cm³/mol. The molecule has 4 heterocycles. The van der Waals surface area contributed by atoms with Crippen molar-refractivity contribution >= 4 is 100 Å². The van der Waals surface area contributed by atoms with Gasteiger partial charge in [-0.1, -0.05) is 23.2 Å². The normalized spacial score (nSPS) is 11.0. The van der Waals surface area contributed by atoms with Crippen LogP contribution in [0.15, 0.2) is 126 Å². The van der Waals surface area contributed by atoms with Crippen LogP contribution in [0.4, 0.5) is 19.0 Å². The lowest BCUT2D eigenvalue weighted by atomic mass is 10.0. The van der Waals surface area contributed by atoms with Crippen LogP contribution in [0.25, 0.3) is 22.3 Å². The molecule has 6 N–H and O–H groups in total. The number of nitriles is 1. The molecule has 0 spiro atoms. The van der Waals surface area contributed by atoms with E-state index >= 15 is 0 Å². The monoisotopic (exact) mass is 1180 g/mol. The van der Waals surface area contributed by atoms with E-state index in [1.165, 1.54) is 73.3 Å². The highest BCUT2D eigenvalue weighted by Gasteiger charge is 2.25. The van der Waals surface area contributed by atoms with Crippen molar-refractivity contribution in [1.82, 2.24) is 39.3 Å². The van der Waals surface area contributed by atoms with E-state index in [1.807, 2.05) is 10.8 Å². The van der Waals surface area contributed by atoms with Crippen molar-refractivity contribution in [2.45, 2.75) is 22.6 Å². The Morgan fingerprint density at radius 3 is 1.56 bits per heavy atom. The third-order valence-corrected chi connectivity index (χ3v) is 14.6. The molecule has 23 nitrogen and oxygen atoms in total. The molecule has 0 fully saturated rings. The number of amides is 2. The van der Waals surface area contributed by atoms with Gasteiger partial charge < -0.3 is 30.3 Å². The van der Waals surface area contributed by atoms with Gasteiger partial charge in [0.2, 0.25) is 10.3 Å². The Labute approximate surface area is 458 Å². The first kappa shape index (κ1) is 56.9. The molecule has 31 heteroatoms. The maximum Gasteiger partial charge on any atom is 0.305 e. The van der Waals surface area contributed by atoms with E-state index in [0.29, 0.717) is 45.4 Å². The summed E-state index contributed by atoms with van der Waals surface area (Å²) in [6.07, 6.45) is 4.50. The highest BCUT2D eigenvalue weighted by atomic mass is 35.5. The lowest BCUT2D eigenvalue weighted by Crippen LogP contribution is -2.26. The number of halogens is 4. The summed E-state index contributed by atoms with van der Waals surface area (Å²) < 4.78 is 103. The molecule has 8 rings (SSSR count). The van der Waals surface area contributed by atoms with E-state index in [4.69, 9.17) is 42.9 Å². The van der Waals surface area contributed by atoms with Gasteiger partial charge in [-0.05, 0) is 90.0 Å². The fourth-order valence-electron chi connectivity index (χ4n) is 6.49. The molecule has 400 valence electrons. The fourth-order valence-corrected chi connectivity index (χ4v) is 10.3. The summed E-state index contributed by atoms with van der Waals surface area (Å²) in [6, 6.07) is 21.8. The lowest BCUT2D eigenvalue weighted by Gasteiger charge is -2.14. The minimum absolute atomic E-state index is 0.00345. The number of rotatable bonds is 20. The summed E-state index contributed by atoms with van der Waals surface area (Å²) in [5, 5.41) is 32.7. The van der Waals surface area contributed by atoms with E-state index in [2.05, 4.69) is 44.0 Å². The molecule has 0 unspecified atom stereocenters. The van der Waals surface area contributed by atoms with Gasteiger partial charge in [0, 0.05) is 81.9 Å². The zero-order valence-corrected chi connectivity index (χ0v) is 43.8. The lowest BCUT2D eigenvalue weighted by molar-refractivity contribution is -0.137. The van der Waals surface area contributed by atoms with E-state index in [0.717, 1.165) is 17.9 Å². The van der Waals surface area contributed by atoms with Crippen LogP contribution >= 0.6 is 46.3 Å². The third kappa shape index (κ3) is 15.0. The molecule has 4 aromatic heterocycles. The molecule has 0 atom stereocenters. The number of carbonyl (C=O) groups is 4. The molecule has 0 aliphatic heterocycles. The Kier molecular flexibility index (Phi) is 18.5. The zero-order valence-electron chi connectivity index (χ0n) is 39.1. The van der Waals surface area contributed by atoms with Gasteiger partial charge in [-0.15, -0.1) is 0 Å². The molecule has 0 saturated carbocycles. The first-order valence-electron chi connectivity index (χ1n) is 21.7. The highest BCUT2D eigenvalue weighted by Crippen LogP contribution is 2.39. The maximum absolute atomic E-state index is 14.9. The van der Waals surface area contributed by atoms with Crippen molar-refractivity contribution in [3.63, 3.8) is 0 Å². The quantitative estimate of drug-likeness (QED) is 0.0418. The van der Waals surface area contributed by atoms with Gasteiger partial charge in [-0.25, -0.2) is 35.6 Å². The second-order valence-electron chi connectivity index (χ2n) is 15.3. The van der Waals surface area contributed by atoms with Crippen LogP contribution in [0, 0.1) is 23.0 Å². The van der Waals surface area contributed by atoms with E-state index in [1.54, 1.807) is 24.3 Å². The van der Waals surface area contributed by atoms with Crippen molar-refractivity contribution < 1.29 is 64.5 Å². The van der Waals surface area contributed by atoms with Crippen LogP contribution in [0.2, 0.25) is 10.0 Å². The van der Waals surface area contributed by atoms with Crippen molar-refractivity contribution in [2.24, 2.45) is 0 Å². The van der Waals surface area contributed by atoms with Crippen LogP contribution < -0.4 is 29.6 Å². The predicted octanol–water partition coefficient (Wildman–Crippen LogP) is 8.25. The molecule has 0 bridgehead atoms. The number of sulfonamides is 2. The number of carbonyl (C=O) groups excluding carboxylic acids is 2. The topological polar surface area (TPSA) is 345 Å². The van der Waals surface area contributed by atoms with Crippen LogP contribution in [0.5, 0.6) is 23.0 Å². The molecule has 0 radical (unpaired) electrons. The molecule has 0 saturated heterocycles. The van der Waals surface area contributed by atoms with Gasteiger partial charge in [-0.3, -0.25) is 38.6 Å². The second kappa shape index (κ2) is 25.4. The number of carboxylic acid groups (broad SMARTS) is 2. The number of nitrogens with one attached hydrogen (secondary N) is 4. The maximum atomic E-state index is 14.9. The largest absolute Gasteiger partial charge is 0.481 e. The number of pyridine rings is 2. The van der Waals surface area contributed by atoms with Gasteiger partial charge in [0.05, 0.1) is 23.3 Å². The van der Waals surface area contributed by atoms with Crippen molar-refractivity contribution in [3.8, 4) is 51.3 Å². The van der Waals surface area contributed by atoms with Gasteiger partial charge in [-0.2, -0.15) is 14.0 Å². The number of aromatic nitrogens is 6. The van der Waals surface area contributed by atoms with Crippen LogP contribution in [-0.2, 0) is 29.6 Å². The highest BCUT2D eigenvalue weighted by molar-refractivity contribution is 7.93. The third-order valence-electron chi connectivity index (χ3n) is 10.0. The van der Waals surface area contributed by atoms with E-state index < -0.39 is 66.1 Å². The van der Waals surface area contributed by atoms with Gasteiger partial charge in [0.1, 0.15) is 58.1 Å². The van der Waals surface area contributed by atoms with Crippen molar-refractivity contribution in [2.75, 3.05) is 22.5 Å². The fraction of sp³-hybridized carbons (Fsp3) is 0.0851. The molecule has 4 aromatic carbocycles. The summed E-state index contributed by atoms with van der Waals surface area (Å²) >= 11 is 13.9. The Morgan fingerprint density at radius 1 is 0.603 bits per heavy atom. The first-order valence-corrected chi connectivity index (χ1v) is 27.0. The Balaban J connectivity index is 0.000000226. The van der Waals surface area contributed by atoms with Gasteiger partial charge in [0.15, 0.2) is 11.6 Å². The van der Waals surface area contributed by atoms with Crippen molar-refractivity contribution in [1.29, 1.82) is 5.26 Å². The van der Waals surface area contributed by atoms with Crippen LogP contribution in [0.1, 0.15) is 39.4 Å². The smallest absolute Gasteiger partial charge is 0.305 e. The number of hydrogen-bond acceptors (Lipinski definition) is 19. The molecule has 2 amide bonds. The second-order valence-corrected chi connectivity index (χ2v) is 21.1. The van der Waals surface area contributed by atoms with Crippen LogP contribution in [-0.4, -0.2) is 92.6 Å². The number of benzene rings is 4. The number of aliphatic carboxylic acids is 2. The Morgan fingerprint density at radius 2 is 1.09 bits per heavy atom. The minimum Gasteiger partial charge on any atom is -0.481 e. The molecular weight excluding hydrogens is 1150 g/mol. The average Bonchev–Trinajstić information content (AvgIpc) is 4.14. The summed E-state index contributed by atoms with van der Waals surface area (Å²) in [4.78, 5) is 60.5. The van der Waals surface area contributed by atoms with Crippen LogP contribution in [0.3, 0.4) is 0 Å².